The minimum atomic E-state index is -0.448. The van der Waals surface area contributed by atoms with E-state index in [9.17, 15) is 14.9 Å². The van der Waals surface area contributed by atoms with Crippen LogP contribution in [-0.4, -0.2) is 35.3 Å². The summed E-state index contributed by atoms with van der Waals surface area (Å²) in [5, 5.41) is 17.7. The Morgan fingerprint density at radius 1 is 1.21 bits per heavy atom. The van der Waals surface area contributed by atoms with Crippen molar-refractivity contribution in [3.8, 4) is 11.4 Å². The molecule has 1 heterocycles. The highest BCUT2D eigenvalue weighted by atomic mass is 16.6. The lowest BCUT2D eigenvalue weighted by atomic mass is 10.3. The summed E-state index contributed by atoms with van der Waals surface area (Å²) < 4.78 is 6.93. The number of nitrogens with zero attached hydrogens (tertiary/aromatic N) is 3. The Kier molecular flexibility index (Phi) is 6.21. The number of rotatable bonds is 8. The van der Waals surface area contributed by atoms with Crippen LogP contribution >= 0.6 is 0 Å². The number of anilines is 1. The summed E-state index contributed by atoms with van der Waals surface area (Å²) in [5.41, 5.74) is 4.69. The van der Waals surface area contributed by atoms with Crippen LogP contribution in [0.25, 0.3) is 5.69 Å². The van der Waals surface area contributed by atoms with Crippen LogP contribution in [0.2, 0.25) is 0 Å². The molecule has 9 heteroatoms. The lowest BCUT2D eigenvalue weighted by Crippen LogP contribution is -2.26. The largest absolute Gasteiger partial charge is 0.497 e. The maximum atomic E-state index is 12.0. The van der Waals surface area contributed by atoms with Gasteiger partial charge in [-0.05, 0) is 36.4 Å². The van der Waals surface area contributed by atoms with Gasteiger partial charge in [-0.2, -0.15) is 5.10 Å². The highest BCUT2D eigenvalue weighted by Crippen LogP contribution is 2.17. The summed E-state index contributed by atoms with van der Waals surface area (Å²) in [4.78, 5) is 22.3. The number of nitrogens with one attached hydrogen (secondary N) is 2. The van der Waals surface area contributed by atoms with Crippen molar-refractivity contribution in [2.45, 2.75) is 0 Å². The number of nitro benzene ring substituents is 1. The molecular weight excluding hydrogens is 374 g/mol. The molecular formula is C20H19N5O4. The van der Waals surface area contributed by atoms with Crippen molar-refractivity contribution in [2.75, 3.05) is 19.0 Å². The first-order valence-corrected chi connectivity index (χ1v) is 8.69. The number of hydrogen-bond acceptors (Lipinski definition) is 6. The van der Waals surface area contributed by atoms with Crippen LogP contribution in [0.3, 0.4) is 0 Å². The van der Waals surface area contributed by atoms with Crippen LogP contribution in [-0.2, 0) is 4.79 Å². The Balaban J connectivity index is 1.57. The molecule has 1 amide bonds. The Morgan fingerprint density at radius 3 is 2.72 bits per heavy atom. The van der Waals surface area contributed by atoms with Gasteiger partial charge in [0.2, 0.25) is 0 Å². The molecule has 0 aliphatic rings. The summed E-state index contributed by atoms with van der Waals surface area (Å²) >= 11 is 0. The van der Waals surface area contributed by atoms with E-state index in [4.69, 9.17) is 4.74 Å². The molecule has 3 aromatic rings. The average Bonchev–Trinajstić information content (AvgIpc) is 3.21. The minimum absolute atomic E-state index is 0.0203. The van der Waals surface area contributed by atoms with Crippen molar-refractivity contribution >= 4 is 23.5 Å². The Bertz CT molecular complexity index is 1030. The third-order valence-electron chi connectivity index (χ3n) is 4.03. The fraction of sp³-hybridized carbons (Fsp3) is 0.100. The standard InChI is InChI=1S/C20H19N5O4/c1-29-19-6-2-4-15(12-19)21-14-20(26)23-22-13-18-5-3-11-24(18)16-7-9-17(10-8-16)25(27)28/h2-13,21H,14H2,1H3,(H,23,26)/b22-13-. The quantitative estimate of drug-likeness (QED) is 0.347. The number of ether oxygens (including phenoxy) is 1. The molecule has 2 aromatic carbocycles. The van der Waals surface area contributed by atoms with Gasteiger partial charge in [-0.3, -0.25) is 14.9 Å². The predicted molar refractivity (Wildman–Crippen MR) is 110 cm³/mol. The highest BCUT2D eigenvalue weighted by molar-refractivity contribution is 5.84. The number of hydrazone groups is 1. The fourth-order valence-electron chi connectivity index (χ4n) is 2.59. The Hall–Kier alpha value is -4.14. The van der Waals surface area contributed by atoms with E-state index in [0.29, 0.717) is 11.4 Å². The summed E-state index contributed by atoms with van der Waals surface area (Å²) in [5.74, 6) is 0.387. The summed E-state index contributed by atoms with van der Waals surface area (Å²) in [6.45, 7) is 0.0495. The molecule has 0 atom stereocenters. The summed E-state index contributed by atoms with van der Waals surface area (Å²) in [6.07, 6.45) is 3.31. The molecule has 0 unspecified atom stereocenters. The second kappa shape index (κ2) is 9.18. The van der Waals surface area contributed by atoms with Gasteiger partial charge in [0.1, 0.15) is 5.75 Å². The van der Waals surface area contributed by atoms with Gasteiger partial charge >= 0.3 is 0 Å². The highest BCUT2D eigenvalue weighted by Gasteiger charge is 2.07. The minimum Gasteiger partial charge on any atom is -0.497 e. The van der Waals surface area contributed by atoms with E-state index in [1.54, 1.807) is 36.1 Å². The zero-order valence-electron chi connectivity index (χ0n) is 15.6. The molecule has 2 N–H and O–H groups in total. The van der Waals surface area contributed by atoms with E-state index in [-0.39, 0.29) is 18.1 Å². The van der Waals surface area contributed by atoms with Gasteiger partial charge in [0.15, 0.2) is 0 Å². The first-order valence-electron chi connectivity index (χ1n) is 8.69. The van der Waals surface area contributed by atoms with Crippen LogP contribution in [0.15, 0.2) is 72.0 Å². The van der Waals surface area contributed by atoms with Crippen LogP contribution in [0.4, 0.5) is 11.4 Å². The SMILES string of the molecule is COc1cccc(NCC(=O)N/N=C\c2cccn2-c2ccc([N+](=O)[O-])cc2)c1. The second-order valence-electron chi connectivity index (χ2n) is 5.96. The molecule has 3 rings (SSSR count). The Labute approximate surface area is 166 Å². The first-order chi connectivity index (χ1) is 14.1. The van der Waals surface area contributed by atoms with Gasteiger partial charge in [-0.15, -0.1) is 0 Å². The van der Waals surface area contributed by atoms with Crippen LogP contribution in [0.1, 0.15) is 5.69 Å². The maximum absolute atomic E-state index is 12.0. The van der Waals surface area contributed by atoms with E-state index in [1.807, 2.05) is 30.3 Å². The molecule has 0 saturated carbocycles. The van der Waals surface area contributed by atoms with Crippen LogP contribution in [0.5, 0.6) is 5.75 Å². The van der Waals surface area contributed by atoms with Gasteiger partial charge in [0.05, 0.1) is 30.5 Å². The van der Waals surface area contributed by atoms with Crippen molar-refractivity contribution in [2.24, 2.45) is 5.10 Å². The Morgan fingerprint density at radius 2 is 2.00 bits per heavy atom. The lowest BCUT2D eigenvalue weighted by molar-refractivity contribution is -0.384. The molecule has 29 heavy (non-hydrogen) atoms. The van der Waals surface area contributed by atoms with E-state index < -0.39 is 4.92 Å². The van der Waals surface area contributed by atoms with Crippen molar-refractivity contribution in [1.29, 1.82) is 0 Å². The molecule has 0 aliphatic heterocycles. The number of methoxy groups -OCH3 is 1. The van der Waals surface area contributed by atoms with E-state index in [0.717, 1.165) is 11.4 Å². The number of non-ortho nitro benzene ring substituents is 1. The molecule has 148 valence electrons. The van der Waals surface area contributed by atoms with E-state index >= 15 is 0 Å². The second-order valence-corrected chi connectivity index (χ2v) is 5.96. The van der Waals surface area contributed by atoms with E-state index in [2.05, 4.69) is 15.8 Å². The van der Waals surface area contributed by atoms with Gasteiger partial charge in [0, 0.05) is 35.8 Å². The van der Waals surface area contributed by atoms with Crippen molar-refractivity contribution < 1.29 is 14.5 Å². The number of benzene rings is 2. The molecule has 0 aliphatic carbocycles. The van der Waals surface area contributed by atoms with Gasteiger partial charge < -0.3 is 14.6 Å². The van der Waals surface area contributed by atoms with Gasteiger partial charge in [-0.25, -0.2) is 5.43 Å². The molecule has 1 aromatic heterocycles. The van der Waals surface area contributed by atoms with Gasteiger partial charge in [-0.1, -0.05) is 6.07 Å². The first kappa shape index (κ1) is 19.6. The predicted octanol–water partition coefficient (Wildman–Crippen LogP) is 2.96. The average molecular weight is 393 g/mol. The molecule has 9 nitrogen and oxygen atoms in total. The normalized spacial score (nSPS) is 10.7. The number of hydrogen-bond donors (Lipinski definition) is 2. The third-order valence-corrected chi connectivity index (χ3v) is 4.03. The molecule has 0 radical (unpaired) electrons. The number of amides is 1. The zero-order valence-corrected chi connectivity index (χ0v) is 15.6. The summed E-state index contributed by atoms with van der Waals surface area (Å²) in [6, 6.07) is 17.0. The van der Waals surface area contributed by atoms with Crippen molar-refractivity contribution in [3.63, 3.8) is 0 Å². The van der Waals surface area contributed by atoms with Gasteiger partial charge in [0.25, 0.3) is 11.6 Å². The molecule has 0 saturated heterocycles. The number of nitro groups is 1. The topological polar surface area (TPSA) is 111 Å². The fourth-order valence-corrected chi connectivity index (χ4v) is 2.59. The maximum Gasteiger partial charge on any atom is 0.269 e. The number of carbonyl (C=O) groups excluding carboxylic acids is 1. The van der Waals surface area contributed by atoms with Crippen LogP contribution < -0.4 is 15.5 Å². The van der Waals surface area contributed by atoms with Crippen molar-refractivity contribution in [1.82, 2.24) is 9.99 Å². The summed E-state index contributed by atoms with van der Waals surface area (Å²) in [7, 11) is 1.58. The number of carbonyl (C=O) groups is 1. The van der Waals surface area contributed by atoms with Crippen LogP contribution in [0, 0.1) is 10.1 Å². The monoisotopic (exact) mass is 393 g/mol. The molecule has 0 spiro atoms. The molecule has 0 bridgehead atoms. The van der Waals surface area contributed by atoms with E-state index in [1.165, 1.54) is 18.3 Å². The van der Waals surface area contributed by atoms with Crippen molar-refractivity contribution in [3.05, 3.63) is 82.7 Å². The lowest BCUT2D eigenvalue weighted by Gasteiger charge is -2.07. The molecule has 0 fully saturated rings. The smallest absolute Gasteiger partial charge is 0.269 e. The number of aromatic nitrogens is 1. The third kappa shape index (κ3) is 5.19. The zero-order chi connectivity index (χ0) is 20.6.